The first-order valence-electron chi connectivity index (χ1n) is 9.50. The summed E-state index contributed by atoms with van der Waals surface area (Å²) in [7, 11) is -3.64. The maximum Gasteiger partial charge on any atom is 0.254 e. The maximum absolute atomic E-state index is 13.0. The highest BCUT2D eigenvalue weighted by Crippen LogP contribution is 2.38. The first-order valence-corrected chi connectivity index (χ1v) is 11.7. The van der Waals surface area contributed by atoms with Gasteiger partial charge in [0.25, 0.3) is 5.91 Å². The number of piperazine rings is 1. The summed E-state index contributed by atoms with van der Waals surface area (Å²) < 4.78 is 38.3. The maximum atomic E-state index is 13.0. The molecular weight excluding hydrogens is 451 g/mol. The zero-order chi connectivity index (χ0) is 21.3. The van der Waals surface area contributed by atoms with Crippen molar-refractivity contribution in [2.75, 3.05) is 39.4 Å². The summed E-state index contributed by atoms with van der Waals surface area (Å²) in [5, 5.41) is 0.792. The molecule has 30 heavy (non-hydrogen) atoms. The first-order chi connectivity index (χ1) is 14.4. The number of halogens is 2. The second-order valence-corrected chi connectivity index (χ2v) is 9.77. The summed E-state index contributed by atoms with van der Waals surface area (Å²) in [4.78, 5) is 14.8. The summed E-state index contributed by atoms with van der Waals surface area (Å²) in [5.74, 6) is 0.674. The molecule has 1 saturated heterocycles. The van der Waals surface area contributed by atoms with Crippen molar-refractivity contribution in [2.45, 2.75) is 11.3 Å². The Balaban J connectivity index is 1.46. The van der Waals surface area contributed by atoms with Crippen molar-refractivity contribution in [3.05, 3.63) is 52.0 Å². The molecule has 1 fully saturated rings. The van der Waals surface area contributed by atoms with Gasteiger partial charge in [0.2, 0.25) is 10.0 Å². The van der Waals surface area contributed by atoms with Crippen molar-refractivity contribution in [1.29, 1.82) is 0 Å². The number of ether oxygens (including phenoxy) is 2. The molecule has 0 unspecified atom stereocenters. The number of sulfonamides is 1. The summed E-state index contributed by atoms with van der Waals surface area (Å²) in [6.45, 7) is 1.95. The minimum atomic E-state index is -3.64. The van der Waals surface area contributed by atoms with Gasteiger partial charge in [0, 0.05) is 43.2 Å². The van der Waals surface area contributed by atoms with E-state index in [0.29, 0.717) is 40.3 Å². The number of nitrogens with zero attached hydrogens (tertiary/aromatic N) is 2. The molecule has 0 atom stereocenters. The number of hydrogen-bond acceptors (Lipinski definition) is 5. The van der Waals surface area contributed by atoms with E-state index in [-0.39, 0.29) is 37.0 Å². The lowest BCUT2D eigenvalue weighted by Gasteiger charge is -2.34. The highest BCUT2D eigenvalue weighted by Gasteiger charge is 2.31. The predicted octanol–water partition coefficient (Wildman–Crippen LogP) is 3.30. The molecule has 2 aliphatic heterocycles. The Labute approximate surface area is 185 Å². The Kier molecular flexibility index (Phi) is 6.11. The molecule has 0 aromatic heterocycles. The number of carbonyl (C=O) groups excluding carboxylic acids is 1. The van der Waals surface area contributed by atoms with Crippen molar-refractivity contribution in [3.8, 4) is 11.5 Å². The lowest BCUT2D eigenvalue weighted by molar-refractivity contribution is 0.0697. The van der Waals surface area contributed by atoms with Crippen LogP contribution in [0.2, 0.25) is 10.0 Å². The predicted molar refractivity (Wildman–Crippen MR) is 113 cm³/mol. The zero-order valence-corrected chi connectivity index (χ0v) is 18.3. The van der Waals surface area contributed by atoms with Crippen molar-refractivity contribution in [2.24, 2.45) is 0 Å². The van der Waals surface area contributed by atoms with Crippen LogP contribution in [0.4, 0.5) is 0 Å². The van der Waals surface area contributed by atoms with Gasteiger partial charge in [-0.1, -0.05) is 23.2 Å². The molecule has 2 aliphatic rings. The summed E-state index contributed by atoms with van der Waals surface area (Å²) in [6.07, 6.45) is 0.734. The van der Waals surface area contributed by atoms with Crippen LogP contribution in [-0.4, -0.2) is 62.9 Å². The Morgan fingerprint density at radius 2 is 1.60 bits per heavy atom. The van der Waals surface area contributed by atoms with E-state index in [1.807, 2.05) is 0 Å². The van der Waals surface area contributed by atoms with Gasteiger partial charge in [-0.05, 0) is 36.4 Å². The molecule has 2 aromatic rings. The summed E-state index contributed by atoms with van der Waals surface area (Å²) in [6, 6.07) is 9.24. The highest BCUT2D eigenvalue weighted by atomic mass is 35.5. The van der Waals surface area contributed by atoms with E-state index in [1.54, 1.807) is 29.2 Å². The third-order valence-electron chi connectivity index (χ3n) is 5.03. The van der Waals surface area contributed by atoms with Crippen LogP contribution in [0.25, 0.3) is 0 Å². The molecule has 0 radical (unpaired) electrons. The number of carbonyl (C=O) groups is 1. The SMILES string of the molecule is O=C(c1cc(Cl)c2c(c1)OCCCO2)N1CCN(S(=O)(=O)c2ccc(Cl)cc2)CC1. The molecule has 7 nitrogen and oxygen atoms in total. The fourth-order valence-electron chi connectivity index (χ4n) is 3.42. The third kappa shape index (κ3) is 4.23. The second-order valence-electron chi connectivity index (χ2n) is 6.99. The van der Waals surface area contributed by atoms with Crippen LogP contribution in [0.1, 0.15) is 16.8 Å². The molecule has 2 heterocycles. The molecule has 160 valence electrons. The largest absolute Gasteiger partial charge is 0.489 e. The van der Waals surface area contributed by atoms with Gasteiger partial charge in [0.1, 0.15) is 0 Å². The number of benzene rings is 2. The van der Waals surface area contributed by atoms with Gasteiger partial charge in [0.15, 0.2) is 11.5 Å². The van der Waals surface area contributed by atoms with Crippen LogP contribution >= 0.6 is 23.2 Å². The first kappa shape index (κ1) is 21.2. The van der Waals surface area contributed by atoms with Gasteiger partial charge >= 0.3 is 0 Å². The molecule has 2 aromatic carbocycles. The molecule has 1 amide bonds. The van der Waals surface area contributed by atoms with E-state index in [4.69, 9.17) is 32.7 Å². The van der Waals surface area contributed by atoms with Gasteiger partial charge in [-0.25, -0.2) is 8.42 Å². The van der Waals surface area contributed by atoms with E-state index < -0.39 is 10.0 Å². The average Bonchev–Trinajstić information content (AvgIpc) is 2.99. The van der Waals surface area contributed by atoms with Crippen LogP contribution in [0.15, 0.2) is 41.3 Å². The fourth-order valence-corrected chi connectivity index (χ4v) is 5.24. The van der Waals surface area contributed by atoms with Gasteiger partial charge < -0.3 is 14.4 Å². The van der Waals surface area contributed by atoms with E-state index >= 15 is 0 Å². The summed E-state index contributed by atoms with van der Waals surface area (Å²) in [5.41, 5.74) is 0.387. The normalized spacial score (nSPS) is 17.5. The monoisotopic (exact) mass is 470 g/mol. The van der Waals surface area contributed by atoms with Crippen molar-refractivity contribution in [3.63, 3.8) is 0 Å². The molecule has 0 aliphatic carbocycles. The average molecular weight is 471 g/mol. The Bertz CT molecular complexity index is 1050. The van der Waals surface area contributed by atoms with Crippen molar-refractivity contribution in [1.82, 2.24) is 9.21 Å². The van der Waals surface area contributed by atoms with Crippen LogP contribution < -0.4 is 9.47 Å². The Morgan fingerprint density at radius 1 is 0.933 bits per heavy atom. The van der Waals surface area contributed by atoms with Crippen LogP contribution in [-0.2, 0) is 10.0 Å². The number of hydrogen-bond donors (Lipinski definition) is 0. The summed E-state index contributed by atoms with van der Waals surface area (Å²) >= 11 is 12.1. The third-order valence-corrected chi connectivity index (χ3v) is 7.47. The number of amides is 1. The molecule has 10 heteroatoms. The van der Waals surface area contributed by atoms with Gasteiger partial charge in [-0.2, -0.15) is 4.31 Å². The van der Waals surface area contributed by atoms with Gasteiger partial charge in [-0.3, -0.25) is 4.79 Å². The lowest BCUT2D eigenvalue weighted by Crippen LogP contribution is -2.50. The number of fused-ring (bicyclic) bond motifs is 1. The van der Waals surface area contributed by atoms with Crippen LogP contribution in [0, 0.1) is 0 Å². The quantitative estimate of drug-likeness (QED) is 0.687. The molecular formula is C20H20Cl2N2O5S. The molecule has 0 bridgehead atoms. The molecule has 0 N–H and O–H groups in total. The number of rotatable bonds is 3. The Hall–Kier alpha value is -2.00. The molecule has 0 saturated carbocycles. The van der Waals surface area contributed by atoms with E-state index in [1.165, 1.54) is 16.4 Å². The minimum absolute atomic E-state index is 0.182. The van der Waals surface area contributed by atoms with E-state index in [2.05, 4.69) is 0 Å². The second kappa shape index (κ2) is 8.63. The Morgan fingerprint density at radius 3 is 2.30 bits per heavy atom. The smallest absolute Gasteiger partial charge is 0.254 e. The van der Waals surface area contributed by atoms with Crippen molar-refractivity contribution >= 4 is 39.1 Å². The highest BCUT2D eigenvalue weighted by molar-refractivity contribution is 7.89. The van der Waals surface area contributed by atoms with Crippen molar-refractivity contribution < 1.29 is 22.7 Å². The molecule has 0 spiro atoms. The fraction of sp³-hybridized carbons (Fsp3) is 0.350. The van der Waals surface area contributed by atoms with E-state index in [9.17, 15) is 13.2 Å². The minimum Gasteiger partial charge on any atom is -0.489 e. The van der Waals surface area contributed by atoms with Gasteiger partial charge in [-0.15, -0.1) is 0 Å². The van der Waals surface area contributed by atoms with E-state index in [0.717, 1.165) is 6.42 Å². The zero-order valence-electron chi connectivity index (χ0n) is 16.0. The lowest BCUT2D eigenvalue weighted by atomic mass is 10.1. The van der Waals surface area contributed by atoms with Crippen LogP contribution in [0.5, 0.6) is 11.5 Å². The molecule has 4 rings (SSSR count). The van der Waals surface area contributed by atoms with Gasteiger partial charge in [0.05, 0.1) is 23.1 Å². The van der Waals surface area contributed by atoms with Crippen LogP contribution in [0.3, 0.4) is 0 Å². The standard InChI is InChI=1S/C20H20Cl2N2O5S/c21-15-2-4-16(5-3-15)30(26,27)24-8-6-23(7-9-24)20(25)14-12-17(22)19-18(13-14)28-10-1-11-29-19/h2-5,12-13H,1,6-11H2. The topological polar surface area (TPSA) is 76.2 Å².